The number of hydrogen-bond donors (Lipinski definition) is 1. The number of nitrogens with one attached hydrogen (secondary N) is 1. The maximum atomic E-state index is 13.5. The summed E-state index contributed by atoms with van der Waals surface area (Å²) >= 11 is 3.33. The number of methoxy groups -OCH3 is 1. The van der Waals surface area contributed by atoms with Crippen molar-refractivity contribution in [2.45, 2.75) is 32.9 Å². The second-order valence-corrected chi connectivity index (χ2v) is 10.3. The largest absolute Gasteiger partial charge is 0.497 e. The molecular formula is C23H30BrN3O5S. The molecule has 2 amide bonds. The molecule has 2 aromatic carbocycles. The molecule has 180 valence electrons. The van der Waals surface area contributed by atoms with E-state index in [1.54, 1.807) is 56.5 Å². The number of carbonyl (C=O) groups excluding carboxylic acids is 2. The number of anilines is 1. The Bertz CT molecular complexity index is 1060. The van der Waals surface area contributed by atoms with Crippen LogP contribution in [0.5, 0.6) is 5.75 Å². The zero-order chi connectivity index (χ0) is 24.6. The van der Waals surface area contributed by atoms with Crippen LogP contribution in [0.4, 0.5) is 5.69 Å². The highest BCUT2D eigenvalue weighted by atomic mass is 79.9. The maximum absolute atomic E-state index is 13.5. The van der Waals surface area contributed by atoms with Gasteiger partial charge in [-0.2, -0.15) is 0 Å². The molecule has 0 saturated heterocycles. The van der Waals surface area contributed by atoms with Gasteiger partial charge in [-0.1, -0.05) is 35.0 Å². The van der Waals surface area contributed by atoms with Crippen LogP contribution in [0.1, 0.15) is 25.8 Å². The molecular weight excluding hydrogens is 510 g/mol. The van der Waals surface area contributed by atoms with E-state index in [0.717, 1.165) is 20.6 Å². The molecule has 2 rings (SSSR count). The SMILES string of the molecule is CCNC(=O)C(CC)N(Cc1cccc(OC)c1)C(=O)CN(c1ccc(Br)cc1)S(C)(=O)=O. The van der Waals surface area contributed by atoms with Gasteiger partial charge in [0.2, 0.25) is 21.8 Å². The Balaban J connectivity index is 2.43. The summed E-state index contributed by atoms with van der Waals surface area (Å²) in [4.78, 5) is 27.7. The lowest BCUT2D eigenvalue weighted by molar-refractivity contribution is -0.140. The minimum atomic E-state index is -3.76. The third-order valence-corrected chi connectivity index (χ3v) is 6.69. The Morgan fingerprint density at radius 1 is 1.12 bits per heavy atom. The van der Waals surface area contributed by atoms with Gasteiger partial charge in [-0.05, 0) is 55.3 Å². The standard InChI is InChI=1S/C23H30BrN3O5S/c1-5-21(23(29)25-6-2)26(15-17-8-7-9-20(14-17)32-3)22(28)16-27(33(4,30)31)19-12-10-18(24)11-13-19/h7-14,21H,5-6,15-16H2,1-4H3,(H,25,29). The summed E-state index contributed by atoms with van der Waals surface area (Å²) in [7, 11) is -2.21. The van der Waals surface area contributed by atoms with E-state index in [-0.39, 0.29) is 12.5 Å². The summed E-state index contributed by atoms with van der Waals surface area (Å²) in [5, 5.41) is 2.77. The molecule has 0 radical (unpaired) electrons. The molecule has 0 bridgehead atoms. The Morgan fingerprint density at radius 3 is 2.33 bits per heavy atom. The van der Waals surface area contributed by atoms with Gasteiger partial charge in [0, 0.05) is 17.6 Å². The highest BCUT2D eigenvalue weighted by Gasteiger charge is 2.31. The van der Waals surface area contributed by atoms with E-state index in [1.807, 2.05) is 13.0 Å². The van der Waals surface area contributed by atoms with Gasteiger partial charge in [-0.15, -0.1) is 0 Å². The Kier molecular flexibility index (Phi) is 9.72. The number of amides is 2. The number of sulfonamides is 1. The van der Waals surface area contributed by atoms with Gasteiger partial charge in [-0.25, -0.2) is 8.42 Å². The monoisotopic (exact) mass is 539 g/mol. The van der Waals surface area contributed by atoms with Crippen molar-refractivity contribution in [2.24, 2.45) is 0 Å². The number of nitrogens with zero attached hydrogens (tertiary/aromatic N) is 2. The Hall–Kier alpha value is -2.59. The maximum Gasteiger partial charge on any atom is 0.244 e. The summed E-state index contributed by atoms with van der Waals surface area (Å²) in [5.74, 6) is -0.145. The first-order chi connectivity index (χ1) is 15.6. The van der Waals surface area contributed by atoms with E-state index in [4.69, 9.17) is 4.74 Å². The molecule has 8 nitrogen and oxygen atoms in total. The fourth-order valence-electron chi connectivity index (χ4n) is 3.40. The van der Waals surface area contributed by atoms with Gasteiger partial charge in [0.1, 0.15) is 18.3 Å². The Labute approximate surface area is 204 Å². The van der Waals surface area contributed by atoms with Crippen molar-refractivity contribution in [1.29, 1.82) is 0 Å². The predicted octanol–water partition coefficient (Wildman–Crippen LogP) is 3.17. The van der Waals surface area contributed by atoms with Crippen molar-refractivity contribution in [1.82, 2.24) is 10.2 Å². The van der Waals surface area contributed by atoms with Crippen molar-refractivity contribution in [3.05, 3.63) is 58.6 Å². The van der Waals surface area contributed by atoms with E-state index in [2.05, 4.69) is 21.2 Å². The predicted molar refractivity (Wildman–Crippen MR) is 133 cm³/mol. The second kappa shape index (κ2) is 12.0. The molecule has 1 unspecified atom stereocenters. The summed E-state index contributed by atoms with van der Waals surface area (Å²) in [5.41, 5.74) is 1.13. The minimum Gasteiger partial charge on any atom is -0.497 e. The molecule has 0 fully saturated rings. The molecule has 10 heteroatoms. The Morgan fingerprint density at radius 2 is 1.79 bits per heavy atom. The van der Waals surface area contributed by atoms with Crippen LogP contribution in [0.3, 0.4) is 0 Å². The normalized spacial score (nSPS) is 12.0. The van der Waals surface area contributed by atoms with Gasteiger partial charge < -0.3 is 15.0 Å². The number of carbonyl (C=O) groups is 2. The highest BCUT2D eigenvalue weighted by Crippen LogP contribution is 2.22. The quantitative estimate of drug-likeness (QED) is 0.473. The molecule has 0 aliphatic heterocycles. The van der Waals surface area contributed by atoms with E-state index >= 15 is 0 Å². The van der Waals surface area contributed by atoms with Crippen LogP contribution in [-0.2, 0) is 26.2 Å². The molecule has 1 atom stereocenters. The van der Waals surface area contributed by atoms with Gasteiger partial charge >= 0.3 is 0 Å². The molecule has 33 heavy (non-hydrogen) atoms. The van der Waals surface area contributed by atoms with Crippen LogP contribution in [0.2, 0.25) is 0 Å². The van der Waals surface area contributed by atoms with E-state index in [1.165, 1.54) is 4.90 Å². The lowest BCUT2D eigenvalue weighted by atomic mass is 10.1. The average molecular weight is 540 g/mol. The van der Waals surface area contributed by atoms with Crippen LogP contribution in [0, 0.1) is 0 Å². The van der Waals surface area contributed by atoms with E-state index in [9.17, 15) is 18.0 Å². The molecule has 0 spiro atoms. The number of hydrogen-bond acceptors (Lipinski definition) is 5. The molecule has 0 aromatic heterocycles. The first-order valence-electron chi connectivity index (χ1n) is 10.5. The molecule has 0 heterocycles. The summed E-state index contributed by atoms with van der Waals surface area (Å²) in [6, 6.07) is 13.1. The van der Waals surface area contributed by atoms with Crippen molar-refractivity contribution in [2.75, 3.05) is 30.8 Å². The van der Waals surface area contributed by atoms with E-state index in [0.29, 0.717) is 24.4 Å². The van der Waals surface area contributed by atoms with Crippen molar-refractivity contribution in [3.8, 4) is 5.75 Å². The number of benzene rings is 2. The third-order valence-electron chi connectivity index (χ3n) is 5.02. The third kappa shape index (κ3) is 7.46. The van der Waals surface area contributed by atoms with Crippen LogP contribution in [-0.4, -0.2) is 57.6 Å². The minimum absolute atomic E-state index is 0.129. The lowest BCUT2D eigenvalue weighted by Crippen LogP contribution is -2.52. The molecule has 0 aliphatic rings. The molecule has 0 aliphatic carbocycles. The van der Waals surface area contributed by atoms with Gasteiger partial charge in [-0.3, -0.25) is 13.9 Å². The zero-order valence-corrected chi connectivity index (χ0v) is 21.6. The van der Waals surface area contributed by atoms with Crippen LogP contribution >= 0.6 is 15.9 Å². The second-order valence-electron chi connectivity index (χ2n) is 7.44. The fraction of sp³-hybridized carbons (Fsp3) is 0.391. The highest BCUT2D eigenvalue weighted by molar-refractivity contribution is 9.10. The number of halogens is 1. The van der Waals surface area contributed by atoms with Gasteiger partial charge in [0.05, 0.1) is 19.1 Å². The lowest BCUT2D eigenvalue weighted by Gasteiger charge is -2.32. The first kappa shape index (κ1) is 26.7. The zero-order valence-electron chi connectivity index (χ0n) is 19.2. The van der Waals surface area contributed by atoms with Crippen molar-refractivity contribution >= 4 is 43.5 Å². The van der Waals surface area contributed by atoms with Gasteiger partial charge in [0.15, 0.2) is 0 Å². The topological polar surface area (TPSA) is 96.0 Å². The average Bonchev–Trinajstić information content (AvgIpc) is 2.77. The summed E-state index contributed by atoms with van der Waals surface area (Å²) < 4.78 is 32.2. The van der Waals surface area contributed by atoms with Crippen molar-refractivity contribution in [3.63, 3.8) is 0 Å². The van der Waals surface area contributed by atoms with E-state index < -0.39 is 28.5 Å². The number of ether oxygens (including phenoxy) is 1. The van der Waals surface area contributed by atoms with Crippen LogP contribution in [0.15, 0.2) is 53.0 Å². The first-order valence-corrected chi connectivity index (χ1v) is 13.2. The summed E-state index contributed by atoms with van der Waals surface area (Å²) in [6.45, 7) is 3.74. The fourth-order valence-corrected chi connectivity index (χ4v) is 4.51. The summed E-state index contributed by atoms with van der Waals surface area (Å²) in [6.07, 6.45) is 1.43. The van der Waals surface area contributed by atoms with Gasteiger partial charge in [0.25, 0.3) is 0 Å². The van der Waals surface area contributed by atoms with Crippen LogP contribution < -0.4 is 14.4 Å². The number of likely N-dealkylation sites (N-methyl/N-ethyl adjacent to an activating group) is 1. The van der Waals surface area contributed by atoms with Crippen LogP contribution in [0.25, 0.3) is 0 Å². The van der Waals surface area contributed by atoms with Crippen molar-refractivity contribution < 1.29 is 22.7 Å². The molecule has 1 N–H and O–H groups in total. The number of rotatable bonds is 11. The molecule has 0 saturated carbocycles. The molecule has 2 aromatic rings. The smallest absolute Gasteiger partial charge is 0.244 e.